The summed E-state index contributed by atoms with van der Waals surface area (Å²) >= 11 is 6.19. The number of hydrogen-bond donors (Lipinski definition) is 0. The molecule has 0 radical (unpaired) electrons. The van der Waals surface area contributed by atoms with Crippen LogP contribution in [0.2, 0.25) is 5.02 Å². The number of rotatable bonds is 6. The van der Waals surface area contributed by atoms with Crippen molar-refractivity contribution in [2.45, 2.75) is 18.9 Å². The van der Waals surface area contributed by atoms with E-state index in [2.05, 4.69) is 18.0 Å². The number of urea groups is 1. The number of amides is 3. The van der Waals surface area contributed by atoms with Crippen molar-refractivity contribution in [2.24, 2.45) is 5.92 Å². The van der Waals surface area contributed by atoms with E-state index in [0.717, 1.165) is 24.9 Å². The Morgan fingerprint density at radius 2 is 2.12 bits per heavy atom. The number of nitrogens with zero attached hydrogens (tertiary/aromatic N) is 3. The normalized spacial score (nSPS) is 24.6. The van der Waals surface area contributed by atoms with Gasteiger partial charge in [-0.3, -0.25) is 14.6 Å². The van der Waals surface area contributed by atoms with Crippen LogP contribution in [0.1, 0.15) is 24.4 Å². The largest absolute Gasteiger partial charge is 0.383 e. The lowest BCUT2D eigenvalue weighted by atomic mass is 9.84. The fraction of sp³-hybridized carbons (Fsp3) is 0.579. The van der Waals surface area contributed by atoms with Crippen molar-refractivity contribution >= 4 is 23.5 Å². The number of ether oxygens (including phenoxy) is 1. The predicted octanol–water partition coefficient (Wildman–Crippen LogP) is 2.63. The molecule has 142 valence electrons. The van der Waals surface area contributed by atoms with E-state index in [1.54, 1.807) is 12.0 Å². The fourth-order valence-corrected chi connectivity index (χ4v) is 4.25. The van der Waals surface area contributed by atoms with E-state index in [1.807, 2.05) is 18.2 Å². The van der Waals surface area contributed by atoms with Gasteiger partial charge in [0.2, 0.25) is 5.91 Å². The Kier molecular flexibility index (Phi) is 6.16. The lowest BCUT2D eigenvalue weighted by Crippen LogP contribution is -2.44. The van der Waals surface area contributed by atoms with Crippen molar-refractivity contribution in [1.29, 1.82) is 0 Å². The molecule has 0 bridgehead atoms. The Morgan fingerprint density at radius 3 is 2.85 bits per heavy atom. The average molecular weight is 380 g/mol. The zero-order valence-corrected chi connectivity index (χ0v) is 16.1. The zero-order valence-electron chi connectivity index (χ0n) is 15.4. The summed E-state index contributed by atoms with van der Waals surface area (Å²) in [5.74, 6) is 0.0756. The second kappa shape index (κ2) is 8.37. The van der Waals surface area contributed by atoms with Crippen LogP contribution in [-0.4, -0.2) is 73.6 Å². The third-order valence-electron chi connectivity index (χ3n) is 5.31. The quantitative estimate of drug-likeness (QED) is 0.713. The van der Waals surface area contributed by atoms with E-state index in [9.17, 15) is 9.59 Å². The van der Waals surface area contributed by atoms with Crippen LogP contribution in [0.15, 0.2) is 24.3 Å². The maximum Gasteiger partial charge on any atom is 0.327 e. The monoisotopic (exact) mass is 379 g/mol. The number of methoxy groups -OCH3 is 1. The van der Waals surface area contributed by atoms with E-state index in [1.165, 1.54) is 4.90 Å². The molecule has 2 fully saturated rings. The molecule has 2 aliphatic heterocycles. The van der Waals surface area contributed by atoms with E-state index in [4.69, 9.17) is 16.3 Å². The van der Waals surface area contributed by atoms with Crippen LogP contribution in [0.25, 0.3) is 0 Å². The highest BCUT2D eigenvalue weighted by Gasteiger charge is 2.40. The van der Waals surface area contributed by atoms with Crippen molar-refractivity contribution < 1.29 is 14.3 Å². The molecule has 2 saturated heterocycles. The lowest BCUT2D eigenvalue weighted by Gasteiger charge is -2.40. The molecule has 6 nitrogen and oxygen atoms in total. The second-order valence-electron chi connectivity index (χ2n) is 7.08. The average Bonchev–Trinajstić information content (AvgIpc) is 2.87. The molecule has 0 N–H and O–H groups in total. The summed E-state index contributed by atoms with van der Waals surface area (Å²) in [5.41, 5.74) is 1.14. The molecule has 7 heteroatoms. The Bertz CT molecular complexity index is 669. The molecule has 26 heavy (non-hydrogen) atoms. The minimum atomic E-state index is -0.204. The first-order chi connectivity index (χ1) is 12.5. The van der Waals surface area contributed by atoms with Crippen LogP contribution >= 0.6 is 11.6 Å². The summed E-state index contributed by atoms with van der Waals surface area (Å²) in [6.45, 7) is 2.47. The van der Waals surface area contributed by atoms with Crippen molar-refractivity contribution in [3.8, 4) is 0 Å². The van der Waals surface area contributed by atoms with Gasteiger partial charge < -0.3 is 9.64 Å². The maximum atomic E-state index is 12.6. The van der Waals surface area contributed by atoms with Gasteiger partial charge in [-0.2, -0.15) is 0 Å². The number of imide groups is 1. The molecular weight excluding hydrogens is 354 g/mol. The van der Waals surface area contributed by atoms with Crippen molar-refractivity contribution in [2.75, 3.05) is 46.9 Å². The SMILES string of the molecule is COCCN1CC(=O)N(C[C@H]2CCCN(C)[C@H]2c2cccc(Cl)c2)C1=O. The number of carbonyl (C=O) groups excluding carboxylic acids is 2. The van der Waals surface area contributed by atoms with E-state index >= 15 is 0 Å². The molecule has 0 saturated carbocycles. The van der Waals surface area contributed by atoms with Gasteiger partial charge in [0.15, 0.2) is 0 Å². The Morgan fingerprint density at radius 1 is 1.31 bits per heavy atom. The first-order valence-electron chi connectivity index (χ1n) is 9.05. The molecule has 0 unspecified atom stereocenters. The molecule has 1 aromatic carbocycles. The number of hydrogen-bond acceptors (Lipinski definition) is 4. The topological polar surface area (TPSA) is 53.1 Å². The highest BCUT2D eigenvalue weighted by molar-refractivity contribution is 6.30. The number of likely N-dealkylation sites (tertiary alicyclic amines) is 1. The zero-order chi connectivity index (χ0) is 18.7. The third-order valence-corrected chi connectivity index (χ3v) is 5.54. The Balaban J connectivity index is 1.76. The Hall–Kier alpha value is -1.63. The van der Waals surface area contributed by atoms with Gasteiger partial charge in [0.25, 0.3) is 0 Å². The first kappa shape index (κ1) is 19.1. The minimum absolute atomic E-state index is 0.121. The number of piperidine rings is 1. The molecular formula is C19H26ClN3O3. The van der Waals surface area contributed by atoms with Crippen LogP contribution in [0.5, 0.6) is 0 Å². The number of halogens is 1. The second-order valence-corrected chi connectivity index (χ2v) is 7.52. The number of benzene rings is 1. The van der Waals surface area contributed by atoms with Crippen LogP contribution < -0.4 is 0 Å². The molecule has 0 aliphatic carbocycles. The highest BCUT2D eigenvalue weighted by Crippen LogP contribution is 2.37. The molecule has 2 heterocycles. The summed E-state index contributed by atoms with van der Waals surface area (Å²) in [7, 11) is 3.68. The van der Waals surface area contributed by atoms with Gasteiger partial charge in [-0.15, -0.1) is 0 Å². The summed E-state index contributed by atoms with van der Waals surface area (Å²) < 4.78 is 5.03. The predicted molar refractivity (Wildman–Crippen MR) is 100 cm³/mol. The van der Waals surface area contributed by atoms with Crippen LogP contribution in [0, 0.1) is 5.92 Å². The van der Waals surface area contributed by atoms with Crippen LogP contribution in [-0.2, 0) is 9.53 Å². The molecule has 0 spiro atoms. The smallest absolute Gasteiger partial charge is 0.327 e. The van der Waals surface area contributed by atoms with Crippen molar-refractivity contribution in [3.63, 3.8) is 0 Å². The lowest BCUT2D eigenvalue weighted by molar-refractivity contribution is -0.126. The van der Waals surface area contributed by atoms with E-state index in [0.29, 0.717) is 24.7 Å². The molecule has 2 aliphatic rings. The fourth-order valence-electron chi connectivity index (χ4n) is 4.05. The van der Waals surface area contributed by atoms with Crippen LogP contribution in [0.3, 0.4) is 0 Å². The summed E-state index contributed by atoms with van der Waals surface area (Å²) in [6.07, 6.45) is 2.04. The van der Waals surface area contributed by atoms with Gasteiger partial charge in [-0.05, 0) is 50.0 Å². The van der Waals surface area contributed by atoms with E-state index < -0.39 is 0 Å². The maximum absolute atomic E-state index is 12.6. The van der Waals surface area contributed by atoms with Crippen molar-refractivity contribution in [3.05, 3.63) is 34.9 Å². The van der Waals surface area contributed by atoms with Gasteiger partial charge >= 0.3 is 6.03 Å². The van der Waals surface area contributed by atoms with Crippen LogP contribution in [0.4, 0.5) is 4.79 Å². The summed E-state index contributed by atoms with van der Waals surface area (Å²) in [5, 5.41) is 0.708. The first-order valence-corrected chi connectivity index (χ1v) is 9.43. The summed E-state index contributed by atoms with van der Waals surface area (Å²) in [4.78, 5) is 30.3. The molecule has 3 amide bonds. The van der Waals surface area contributed by atoms with Gasteiger partial charge in [0.1, 0.15) is 6.54 Å². The molecule has 0 aromatic heterocycles. The summed E-state index contributed by atoms with van der Waals surface area (Å²) in [6, 6.07) is 7.82. The highest BCUT2D eigenvalue weighted by atomic mass is 35.5. The molecule has 1 aromatic rings. The Labute approximate surface area is 159 Å². The molecule has 3 rings (SSSR count). The molecule has 2 atom stereocenters. The third kappa shape index (κ3) is 4.03. The van der Waals surface area contributed by atoms with Gasteiger partial charge in [-0.25, -0.2) is 4.79 Å². The minimum Gasteiger partial charge on any atom is -0.383 e. The van der Waals surface area contributed by atoms with Gasteiger partial charge in [-0.1, -0.05) is 23.7 Å². The van der Waals surface area contributed by atoms with Crippen molar-refractivity contribution in [1.82, 2.24) is 14.7 Å². The number of carbonyl (C=O) groups is 2. The standard InChI is InChI=1S/C19H26ClN3O3/c1-21-8-4-6-15(18(21)14-5-3-7-16(20)11-14)12-23-17(24)13-22(19(23)25)9-10-26-2/h3,5,7,11,15,18H,4,6,8-10,12-13H2,1-2H3/t15-,18+/m1/s1. The van der Waals surface area contributed by atoms with Gasteiger partial charge in [0, 0.05) is 31.3 Å². The van der Waals surface area contributed by atoms with E-state index in [-0.39, 0.29) is 30.4 Å². The van der Waals surface area contributed by atoms with Gasteiger partial charge in [0.05, 0.1) is 6.61 Å².